The van der Waals surface area contributed by atoms with Crippen molar-refractivity contribution in [2.75, 3.05) is 13.7 Å². The molecule has 28 heavy (non-hydrogen) atoms. The maximum Gasteiger partial charge on any atom is 0.310 e. The molecule has 1 amide bonds. The molecule has 3 aromatic rings. The zero-order valence-electron chi connectivity index (χ0n) is 15.5. The topological polar surface area (TPSA) is 63.9 Å². The van der Waals surface area contributed by atoms with Crippen molar-refractivity contribution in [2.24, 2.45) is 5.92 Å². The van der Waals surface area contributed by atoms with E-state index in [0.29, 0.717) is 17.4 Å². The smallest absolute Gasteiger partial charge is 0.310 e. The number of halogens is 1. The fourth-order valence-corrected chi connectivity index (χ4v) is 3.83. The van der Waals surface area contributed by atoms with Gasteiger partial charge in [0.15, 0.2) is 10.1 Å². The number of ether oxygens (including phenoxy) is 1. The lowest BCUT2D eigenvalue weighted by Crippen LogP contribution is -2.35. The molecule has 0 saturated heterocycles. The fraction of sp³-hybridized carbons (Fsp3) is 0.250. The molecule has 0 radical (unpaired) electrons. The minimum Gasteiger partial charge on any atom is -0.469 e. The highest BCUT2D eigenvalue weighted by Gasteiger charge is 2.21. The van der Waals surface area contributed by atoms with Crippen LogP contribution in [-0.2, 0) is 20.9 Å². The molecule has 0 saturated carbocycles. The monoisotopic (exact) mass is 417 g/mol. The number of rotatable bonds is 7. The van der Waals surface area contributed by atoms with E-state index in [0.717, 1.165) is 10.5 Å². The lowest BCUT2D eigenvalue weighted by Gasteiger charge is -2.24. The number of esters is 1. The summed E-state index contributed by atoms with van der Waals surface area (Å²) in [5, 5.41) is 2.24. The van der Waals surface area contributed by atoms with Crippen LogP contribution in [0.5, 0.6) is 0 Å². The van der Waals surface area contributed by atoms with E-state index in [1.165, 1.54) is 24.5 Å². The number of hydrogen-bond acceptors (Lipinski definition) is 5. The third kappa shape index (κ3) is 4.61. The Morgan fingerprint density at radius 2 is 2.11 bits per heavy atom. The lowest BCUT2D eigenvalue weighted by atomic mass is 10.1. The third-order valence-corrected chi connectivity index (χ3v) is 5.30. The molecule has 0 fully saturated rings. The van der Waals surface area contributed by atoms with Crippen LogP contribution in [0.25, 0.3) is 11.0 Å². The van der Waals surface area contributed by atoms with Crippen molar-refractivity contribution in [3.05, 3.63) is 64.4 Å². The van der Waals surface area contributed by atoms with Gasteiger partial charge in [-0.1, -0.05) is 48.9 Å². The van der Waals surface area contributed by atoms with E-state index < -0.39 is 5.92 Å². The maximum atomic E-state index is 12.9. The third-order valence-electron chi connectivity index (χ3n) is 4.26. The summed E-state index contributed by atoms with van der Waals surface area (Å²) in [6, 6.07) is 9.62. The largest absolute Gasteiger partial charge is 0.469 e. The molecule has 2 heterocycles. The van der Waals surface area contributed by atoms with Crippen LogP contribution < -0.4 is 0 Å². The Balaban J connectivity index is 1.81. The number of benzene rings is 1. The first-order valence-electron chi connectivity index (χ1n) is 8.69. The van der Waals surface area contributed by atoms with E-state index in [-0.39, 0.29) is 18.4 Å². The van der Waals surface area contributed by atoms with E-state index in [2.05, 4.69) is 4.98 Å². The number of methoxy groups -OCH3 is 1. The first-order valence-corrected chi connectivity index (χ1v) is 9.95. The number of nitrogens with zero attached hydrogens (tertiary/aromatic N) is 3. The molecule has 0 spiro atoms. The van der Waals surface area contributed by atoms with Crippen LogP contribution in [0.3, 0.4) is 0 Å². The number of aromatic nitrogens is 2. The highest BCUT2D eigenvalue weighted by molar-refractivity contribution is 7.15. The van der Waals surface area contributed by atoms with Gasteiger partial charge >= 0.3 is 5.97 Å². The van der Waals surface area contributed by atoms with Gasteiger partial charge in [0, 0.05) is 30.7 Å². The number of amides is 1. The Bertz CT molecular complexity index is 997. The molecular weight excluding hydrogens is 398 g/mol. The SMILES string of the molecule is COC(=O)C(C)CN(Cc1ccccc1)C(=O)/C=C/c1c(Cl)nc2sccn12. The van der Waals surface area contributed by atoms with Crippen LogP contribution in [0, 0.1) is 5.92 Å². The number of thiazole rings is 1. The van der Waals surface area contributed by atoms with E-state index in [1.807, 2.05) is 46.3 Å². The Hall–Kier alpha value is -2.64. The molecule has 0 aliphatic rings. The lowest BCUT2D eigenvalue weighted by molar-refractivity contribution is -0.146. The summed E-state index contributed by atoms with van der Waals surface area (Å²) in [7, 11) is 1.34. The Labute approximate surface area is 172 Å². The molecule has 1 atom stereocenters. The minimum absolute atomic E-state index is 0.221. The minimum atomic E-state index is -0.437. The van der Waals surface area contributed by atoms with Crippen molar-refractivity contribution >= 4 is 45.9 Å². The van der Waals surface area contributed by atoms with Crippen LogP contribution in [0.4, 0.5) is 0 Å². The quantitative estimate of drug-likeness (QED) is 0.432. The van der Waals surface area contributed by atoms with Crippen LogP contribution >= 0.6 is 22.9 Å². The number of carbonyl (C=O) groups is 2. The van der Waals surface area contributed by atoms with Gasteiger partial charge in [-0.15, -0.1) is 11.3 Å². The summed E-state index contributed by atoms with van der Waals surface area (Å²) < 4.78 is 6.62. The Morgan fingerprint density at radius 1 is 1.36 bits per heavy atom. The Kier molecular flexibility index (Phi) is 6.49. The van der Waals surface area contributed by atoms with E-state index in [9.17, 15) is 9.59 Å². The maximum absolute atomic E-state index is 12.9. The Morgan fingerprint density at radius 3 is 2.82 bits per heavy atom. The van der Waals surface area contributed by atoms with Gasteiger partial charge in [0.2, 0.25) is 5.91 Å². The molecule has 146 valence electrons. The molecule has 0 aliphatic carbocycles. The van der Waals surface area contributed by atoms with E-state index >= 15 is 0 Å². The van der Waals surface area contributed by atoms with Crippen molar-refractivity contribution < 1.29 is 14.3 Å². The summed E-state index contributed by atoms with van der Waals surface area (Å²) >= 11 is 7.65. The average Bonchev–Trinajstić information content (AvgIpc) is 3.26. The highest BCUT2D eigenvalue weighted by Crippen LogP contribution is 2.22. The van der Waals surface area contributed by atoms with Crippen LogP contribution in [0.1, 0.15) is 18.2 Å². The second-order valence-electron chi connectivity index (χ2n) is 6.31. The molecule has 6 nitrogen and oxygen atoms in total. The van der Waals surface area contributed by atoms with Gasteiger partial charge in [0.05, 0.1) is 18.7 Å². The van der Waals surface area contributed by atoms with Crippen molar-refractivity contribution in [2.45, 2.75) is 13.5 Å². The standard InChI is InChI=1S/C20H20ClN3O3S/c1-14(19(26)27-2)12-23(13-15-6-4-3-5-7-15)17(25)9-8-16-18(21)22-20-24(16)10-11-28-20/h3-11,14H,12-13H2,1-2H3/b9-8+. The highest BCUT2D eigenvalue weighted by atomic mass is 35.5. The zero-order valence-corrected chi connectivity index (χ0v) is 17.1. The summed E-state index contributed by atoms with van der Waals surface area (Å²) in [4.78, 5) is 31.3. The average molecular weight is 418 g/mol. The number of imidazole rings is 1. The van der Waals surface area contributed by atoms with Gasteiger partial charge in [0.1, 0.15) is 0 Å². The molecule has 0 N–H and O–H groups in total. The van der Waals surface area contributed by atoms with Crippen molar-refractivity contribution in [1.29, 1.82) is 0 Å². The van der Waals surface area contributed by atoms with Gasteiger partial charge < -0.3 is 9.64 Å². The summed E-state index contributed by atoms with van der Waals surface area (Å²) in [6.07, 6.45) is 4.96. The number of fused-ring (bicyclic) bond motifs is 1. The number of carbonyl (C=O) groups excluding carboxylic acids is 2. The van der Waals surface area contributed by atoms with E-state index in [4.69, 9.17) is 16.3 Å². The molecule has 0 bridgehead atoms. The summed E-state index contributed by atoms with van der Waals surface area (Å²) in [6.45, 7) is 2.38. The molecule has 0 aliphatic heterocycles. The summed E-state index contributed by atoms with van der Waals surface area (Å²) in [5.41, 5.74) is 1.62. The molecule has 1 unspecified atom stereocenters. The fourth-order valence-electron chi connectivity index (χ4n) is 2.82. The van der Waals surface area contributed by atoms with Crippen molar-refractivity contribution in [1.82, 2.24) is 14.3 Å². The molecular formula is C20H20ClN3O3S. The van der Waals surface area contributed by atoms with Crippen LogP contribution in [0.2, 0.25) is 5.15 Å². The summed E-state index contributed by atoms with van der Waals surface area (Å²) in [5.74, 6) is -1.01. The predicted octanol–water partition coefficient (Wildman–Crippen LogP) is 3.90. The van der Waals surface area contributed by atoms with Gasteiger partial charge in [-0.3, -0.25) is 14.0 Å². The second kappa shape index (κ2) is 9.03. The van der Waals surface area contributed by atoms with Crippen molar-refractivity contribution in [3.8, 4) is 0 Å². The first-order chi connectivity index (χ1) is 13.5. The van der Waals surface area contributed by atoms with Gasteiger partial charge in [-0.25, -0.2) is 4.98 Å². The van der Waals surface area contributed by atoms with E-state index in [1.54, 1.807) is 17.9 Å². The van der Waals surface area contributed by atoms with Crippen LogP contribution in [-0.4, -0.2) is 39.8 Å². The zero-order chi connectivity index (χ0) is 20.1. The molecule has 2 aromatic heterocycles. The molecule has 1 aromatic carbocycles. The first kappa shape index (κ1) is 20.1. The van der Waals surface area contributed by atoms with Gasteiger partial charge in [-0.05, 0) is 11.6 Å². The predicted molar refractivity (Wildman–Crippen MR) is 110 cm³/mol. The second-order valence-corrected chi connectivity index (χ2v) is 7.54. The van der Waals surface area contributed by atoms with Gasteiger partial charge in [0.25, 0.3) is 0 Å². The van der Waals surface area contributed by atoms with Crippen molar-refractivity contribution in [3.63, 3.8) is 0 Å². The van der Waals surface area contributed by atoms with Crippen LogP contribution in [0.15, 0.2) is 48.0 Å². The molecule has 8 heteroatoms. The number of hydrogen-bond donors (Lipinski definition) is 0. The molecule has 3 rings (SSSR count). The normalized spacial score (nSPS) is 12.4. The van der Waals surface area contributed by atoms with Gasteiger partial charge in [-0.2, -0.15) is 0 Å².